The van der Waals surface area contributed by atoms with E-state index in [0.717, 1.165) is 40.6 Å². The molecule has 7 rings (SSSR count). The number of benzene rings is 2. The van der Waals surface area contributed by atoms with Crippen LogP contribution in [-0.2, 0) is 0 Å². The highest BCUT2D eigenvalue weighted by molar-refractivity contribution is 8.01. The van der Waals surface area contributed by atoms with E-state index < -0.39 is 0 Å². The molecule has 2 aromatic carbocycles. The Morgan fingerprint density at radius 3 is 2.69 bits per heavy atom. The Kier molecular flexibility index (Phi) is 4.75. The third-order valence-corrected chi connectivity index (χ3v) is 10.1. The number of para-hydroxylation sites is 2. The van der Waals surface area contributed by atoms with Crippen LogP contribution in [0.5, 0.6) is 5.88 Å². The Bertz CT molecular complexity index is 1590. The van der Waals surface area contributed by atoms with Gasteiger partial charge in [-0.2, -0.15) is 9.78 Å². The highest BCUT2D eigenvalue weighted by Crippen LogP contribution is 2.63. The minimum atomic E-state index is -0.335. The number of ether oxygens (including phenoxy) is 1. The molecule has 0 spiro atoms. The number of thioether (sulfide) groups is 1. The van der Waals surface area contributed by atoms with Crippen LogP contribution >= 0.6 is 23.4 Å². The minimum absolute atomic E-state index is 0.0206. The molecule has 4 nitrogen and oxygen atoms in total. The van der Waals surface area contributed by atoms with Crippen LogP contribution in [0, 0.1) is 12.8 Å². The summed E-state index contributed by atoms with van der Waals surface area (Å²) in [6, 6.07) is 18.6. The second kappa shape index (κ2) is 7.62. The largest absolute Gasteiger partial charge is 0.471 e. The number of aryl methyl sites for hydroxylation is 1. The number of nitrogens with zero attached hydrogens (tertiary/aromatic N) is 3. The highest BCUT2D eigenvalue weighted by atomic mass is 35.5. The van der Waals surface area contributed by atoms with Gasteiger partial charge in [-0.05, 0) is 70.4 Å². The summed E-state index contributed by atoms with van der Waals surface area (Å²) in [5.41, 5.74) is 6.47. The van der Waals surface area contributed by atoms with Crippen molar-refractivity contribution < 1.29 is 4.74 Å². The van der Waals surface area contributed by atoms with Gasteiger partial charge in [-0.1, -0.05) is 59.8 Å². The van der Waals surface area contributed by atoms with E-state index in [9.17, 15) is 0 Å². The molecular weight excluding hydrogens is 486 g/mol. The van der Waals surface area contributed by atoms with Gasteiger partial charge in [-0.3, -0.25) is 0 Å². The Balaban J connectivity index is 1.46. The molecule has 0 radical (unpaired) electrons. The van der Waals surface area contributed by atoms with Gasteiger partial charge in [0.05, 0.1) is 21.9 Å². The second-order valence-electron chi connectivity index (χ2n) is 11.0. The first-order valence-electron chi connectivity index (χ1n) is 12.6. The predicted octanol–water partition coefficient (Wildman–Crippen LogP) is 7.99. The number of aromatic nitrogens is 3. The summed E-state index contributed by atoms with van der Waals surface area (Å²) in [6.07, 6.45) is 4.62. The van der Waals surface area contributed by atoms with Crippen LogP contribution in [-0.4, -0.2) is 25.1 Å². The topological polar surface area (TPSA) is 39.9 Å². The Morgan fingerprint density at radius 2 is 1.86 bits per heavy atom. The molecule has 3 unspecified atom stereocenters. The van der Waals surface area contributed by atoms with Crippen LogP contribution in [0.2, 0.25) is 5.02 Å². The van der Waals surface area contributed by atoms with Crippen molar-refractivity contribution in [3.63, 3.8) is 0 Å². The van der Waals surface area contributed by atoms with Crippen LogP contribution in [0.1, 0.15) is 56.4 Å². The first-order chi connectivity index (χ1) is 17.2. The molecule has 1 saturated carbocycles. The zero-order valence-corrected chi connectivity index (χ0v) is 22.5. The van der Waals surface area contributed by atoms with Crippen molar-refractivity contribution in [2.75, 3.05) is 0 Å². The Labute approximate surface area is 220 Å². The molecule has 6 heteroatoms. The summed E-state index contributed by atoms with van der Waals surface area (Å²) in [6.45, 7) is 8.97. The molecule has 182 valence electrons. The lowest BCUT2D eigenvalue weighted by atomic mass is 9.61. The quantitative estimate of drug-likeness (QED) is 0.258. The van der Waals surface area contributed by atoms with E-state index in [1.54, 1.807) is 0 Å². The average molecular weight is 514 g/mol. The smallest absolute Gasteiger partial charge is 0.221 e. The molecule has 3 aliphatic rings. The van der Waals surface area contributed by atoms with Gasteiger partial charge in [0, 0.05) is 33.1 Å². The third kappa shape index (κ3) is 3.15. The maximum absolute atomic E-state index is 6.79. The molecular formula is C30H28ClN3OS. The Morgan fingerprint density at radius 1 is 1.08 bits per heavy atom. The maximum Gasteiger partial charge on any atom is 0.221 e. The number of halogens is 1. The summed E-state index contributed by atoms with van der Waals surface area (Å²) in [5.74, 6) is 1.41. The van der Waals surface area contributed by atoms with Gasteiger partial charge >= 0.3 is 0 Å². The lowest BCUT2D eigenvalue weighted by molar-refractivity contribution is -0.00299. The number of pyridine rings is 1. The highest BCUT2D eigenvalue weighted by Gasteiger charge is 2.55. The summed E-state index contributed by atoms with van der Waals surface area (Å²) in [7, 11) is 0. The Hall–Kier alpha value is -2.76. The zero-order chi connectivity index (χ0) is 24.8. The SMILES string of the molecule is Cc1nn(-c2ccccc2Cl)c2c1C1C3=Cc4cc5ccccc5nc4SC3(C)CCC1C(C)(C)O2. The summed E-state index contributed by atoms with van der Waals surface area (Å²) < 4.78 is 8.68. The molecule has 1 fully saturated rings. The maximum atomic E-state index is 6.79. The molecule has 3 atom stereocenters. The summed E-state index contributed by atoms with van der Waals surface area (Å²) >= 11 is 8.55. The summed E-state index contributed by atoms with van der Waals surface area (Å²) in [5, 5.41) is 7.97. The van der Waals surface area contributed by atoms with E-state index in [4.69, 9.17) is 26.4 Å². The van der Waals surface area contributed by atoms with Gasteiger partial charge < -0.3 is 4.74 Å². The predicted molar refractivity (Wildman–Crippen MR) is 147 cm³/mol. The van der Waals surface area contributed by atoms with Crippen molar-refractivity contribution in [3.8, 4) is 11.6 Å². The first-order valence-corrected chi connectivity index (χ1v) is 13.8. The van der Waals surface area contributed by atoms with Gasteiger partial charge in [-0.25, -0.2) is 4.98 Å². The van der Waals surface area contributed by atoms with Crippen LogP contribution in [0.4, 0.5) is 0 Å². The molecule has 4 aromatic rings. The molecule has 2 aliphatic heterocycles. The fraction of sp³-hybridized carbons (Fsp3) is 0.333. The van der Waals surface area contributed by atoms with E-state index in [0.29, 0.717) is 10.9 Å². The van der Waals surface area contributed by atoms with Gasteiger partial charge in [0.25, 0.3) is 0 Å². The van der Waals surface area contributed by atoms with Crippen molar-refractivity contribution >= 4 is 40.3 Å². The van der Waals surface area contributed by atoms with E-state index in [1.807, 2.05) is 40.7 Å². The number of hydrogen-bond acceptors (Lipinski definition) is 4. The molecule has 0 bridgehead atoms. The molecule has 36 heavy (non-hydrogen) atoms. The molecule has 0 N–H and O–H groups in total. The molecule has 2 aromatic heterocycles. The molecule has 4 heterocycles. The van der Waals surface area contributed by atoms with E-state index in [-0.39, 0.29) is 16.3 Å². The number of rotatable bonds is 1. The van der Waals surface area contributed by atoms with Crippen LogP contribution in [0.15, 0.2) is 65.2 Å². The van der Waals surface area contributed by atoms with Crippen molar-refractivity contribution in [3.05, 3.63) is 82.0 Å². The zero-order valence-electron chi connectivity index (χ0n) is 20.9. The fourth-order valence-corrected chi connectivity index (χ4v) is 8.06. The second-order valence-corrected chi connectivity index (χ2v) is 12.9. The fourth-order valence-electron chi connectivity index (χ4n) is 6.51. The van der Waals surface area contributed by atoms with Gasteiger partial charge in [0.2, 0.25) is 5.88 Å². The molecule has 1 aliphatic carbocycles. The number of hydrogen-bond donors (Lipinski definition) is 0. The van der Waals surface area contributed by atoms with Gasteiger partial charge in [0.1, 0.15) is 10.6 Å². The van der Waals surface area contributed by atoms with Gasteiger partial charge in [0.15, 0.2) is 0 Å². The summed E-state index contributed by atoms with van der Waals surface area (Å²) in [4.78, 5) is 5.06. The van der Waals surface area contributed by atoms with E-state index in [2.05, 4.69) is 64.1 Å². The van der Waals surface area contributed by atoms with Crippen LogP contribution in [0.25, 0.3) is 22.7 Å². The van der Waals surface area contributed by atoms with Crippen molar-refractivity contribution in [1.82, 2.24) is 14.8 Å². The van der Waals surface area contributed by atoms with Crippen molar-refractivity contribution in [2.24, 2.45) is 5.92 Å². The monoisotopic (exact) mass is 513 g/mol. The van der Waals surface area contributed by atoms with Crippen LogP contribution in [0.3, 0.4) is 0 Å². The van der Waals surface area contributed by atoms with E-state index in [1.165, 1.54) is 22.1 Å². The average Bonchev–Trinajstić information content (AvgIpc) is 3.15. The number of fused-ring (bicyclic) bond motifs is 7. The standard InChI is InChI=1S/C30H28ClN3OS/c1-17-25-26-20(29(2,3)35-28(25)34(33-17)24-12-8-6-10-22(24)31)13-14-30(4)21(26)16-19-15-18-9-5-7-11-23(18)32-27(19)36-30/h5-12,15-16,20,26H,13-14H2,1-4H3. The third-order valence-electron chi connectivity index (χ3n) is 8.34. The van der Waals surface area contributed by atoms with Crippen molar-refractivity contribution in [1.29, 1.82) is 0 Å². The molecule has 0 amide bonds. The lowest BCUT2D eigenvalue weighted by Crippen LogP contribution is -2.51. The normalized spacial score (nSPS) is 25.8. The minimum Gasteiger partial charge on any atom is -0.471 e. The van der Waals surface area contributed by atoms with Gasteiger partial charge in [-0.15, -0.1) is 0 Å². The lowest BCUT2D eigenvalue weighted by Gasteiger charge is -2.53. The first kappa shape index (κ1) is 22.4. The van der Waals surface area contributed by atoms with E-state index >= 15 is 0 Å². The van der Waals surface area contributed by atoms with Crippen LogP contribution < -0.4 is 4.74 Å². The van der Waals surface area contributed by atoms with Crippen molar-refractivity contribution in [2.45, 2.75) is 61.8 Å². The molecule has 0 saturated heterocycles.